The summed E-state index contributed by atoms with van der Waals surface area (Å²) in [6, 6.07) is 1.23. The molecule has 0 saturated heterocycles. The monoisotopic (exact) mass is 275 g/mol. The normalized spacial score (nSPS) is 11.7. The molecule has 4 N–H and O–H groups in total. The van der Waals surface area contributed by atoms with Crippen LogP contribution in [-0.4, -0.2) is 37.2 Å². The molecule has 1 aromatic rings. The second-order valence-electron chi connectivity index (χ2n) is 3.86. The third-order valence-corrected chi connectivity index (χ3v) is 3.85. The van der Waals surface area contributed by atoms with Gasteiger partial charge in [0.05, 0.1) is 0 Å². The predicted octanol–water partition coefficient (Wildman–Crippen LogP) is -0.825. The number of amides is 1. The number of rotatable bonds is 7. The Hall–Kier alpha value is -1.38. The van der Waals surface area contributed by atoms with Crippen LogP contribution in [0.25, 0.3) is 0 Å². The molecule has 0 fully saturated rings. The number of carbonyl (C=O) groups excluding carboxylic acids is 1. The number of aromatic nitrogens is 1. The molecule has 8 heteroatoms. The van der Waals surface area contributed by atoms with Crippen LogP contribution >= 0.6 is 0 Å². The van der Waals surface area contributed by atoms with Crippen LogP contribution in [0, 0.1) is 0 Å². The largest absolute Gasteiger partial charge is 0.396 e. The summed E-state index contributed by atoms with van der Waals surface area (Å²) in [7, 11) is -2.09. The van der Waals surface area contributed by atoms with Crippen molar-refractivity contribution in [2.45, 2.75) is 17.7 Å². The Balaban J connectivity index is 2.79. The molecule has 0 spiro atoms. The quantitative estimate of drug-likeness (QED) is 0.564. The molecule has 18 heavy (non-hydrogen) atoms. The lowest BCUT2D eigenvalue weighted by Crippen LogP contribution is -2.24. The summed E-state index contributed by atoms with van der Waals surface area (Å²) in [6.45, 7) is 0.266. The number of nitrogens with one attached hydrogen (secondary N) is 1. The van der Waals surface area contributed by atoms with Crippen molar-refractivity contribution in [1.82, 2.24) is 9.29 Å². The van der Waals surface area contributed by atoms with Crippen LogP contribution in [0.3, 0.4) is 0 Å². The molecule has 0 aromatic carbocycles. The molecule has 0 aliphatic rings. The van der Waals surface area contributed by atoms with Crippen molar-refractivity contribution in [2.24, 2.45) is 12.8 Å². The fourth-order valence-corrected chi connectivity index (χ4v) is 2.60. The third kappa shape index (κ3) is 3.56. The molecule has 7 nitrogen and oxygen atoms in total. The summed E-state index contributed by atoms with van der Waals surface area (Å²) in [4.78, 5) is 11.0. The number of hydrogen-bond donors (Lipinski definition) is 3. The smallest absolute Gasteiger partial charge is 0.265 e. The summed E-state index contributed by atoms with van der Waals surface area (Å²) >= 11 is 0. The first kappa shape index (κ1) is 14.7. The maximum absolute atomic E-state index is 11.8. The van der Waals surface area contributed by atoms with Crippen LogP contribution in [0.1, 0.15) is 23.3 Å². The van der Waals surface area contributed by atoms with Gasteiger partial charge in [-0.05, 0) is 18.9 Å². The lowest BCUT2D eigenvalue weighted by Gasteiger charge is -2.03. The van der Waals surface area contributed by atoms with Gasteiger partial charge in [0.15, 0.2) is 0 Å². The van der Waals surface area contributed by atoms with E-state index in [1.807, 2.05) is 0 Å². The van der Waals surface area contributed by atoms with E-state index in [2.05, 4.69) is 4.72 Å². The van der Waals surface area contributed by atoms with Gasteiger partial charge in [-0.25, -0.2) is 13.1 Å². The summed E-state index contributed by atoms with van der Waals surface area (Å²) in [5.41, 5.74) is 5.24. The number of aryl methyl sites for hydroxylation is 1. The number of aliphatic hydroxyl groups is 1. The van der Waals surface area contributed by atoms with Crippen molar-refractivity contribution in [2.75, 3.05) is 13.2 Å². The van der Waals surface area contributed by atoms with Crippen molar-refractivity contribution in [3.63, 3.8) is 0 Å². The van der Waals surface area contributed by atoms with Gasteiger partial charge >= 0.3 is 0 Å². The van der Waals surface area contributed by atoms with Crippen molar-refractivity contribution >= 4 is 15.9 Å². The molecule has 0 atom stereocenters. The first-order valence-corrected chi connectivity index (χ1v) is 6.93. The number of nitrogens with zero attached hydrogens (tertiary/aromatic N) is 1. The van der Waals surface area contributed by atoms with Gasteiger partial charge in [-0.3, -0.25) is 4.79 Å². The minimum atomic E-state index is -3.64. The second kappa shape index (κ2) is 5.98. The molecule has 1 amide bonds. The van der Waals surface area contributed by atoms with E-state index in [0.717, 1.165) is 0 Å². The van der Waals surface area contributed by atoms with Gasteiger partial charge in [0.25, 0.3) is 5.91 Å². The molecule has 0 saturated carbocycles. The molecule has 1 rings (SSSR count). The van der Waals surface area contributed by atoms with Crippen molar-refractivity contribution in [3.8, 4) is 0 Å². The number of unbranched alkanes of at least 4 members (excludes halogenated alkanes) is 1. The molecule has 1 aromatic heterocycles. The zero-order valence-electron chi connectivity index (χ0n) is 10.1. The van der Waals surface area contributed by atoms with Crippen LogP contribution in [0.5, 0.6) is 0 Å². The zero-order valence-corrected chi connectivity index (χ0v) is 10.9. The van der Waals surface area contributed by atoms with Gasteiger partial charge in [0.2, 0.25) is 10.0 Å². The average molecular weight is 275 g/mol. The van der Waals surface area contributed by atoms with Gasteiger partial charge in [-0.15, -0.1) is 0 Å². The van der Waals surface area contributed by atoms with Gasteiger partial charge in [0.1, 0.15) is 10.6 Å². The Morgan fingerprint density at radius 3 is 2.67 bits per heavy atom. The molecular formula is C10H17N3O4S. The highest BCUT2D eigenvalue weighted by atomic mass is 32.2. The maximum atomic E-state index is 11.8. The van der Waals surface area contributed by atoms with E-state index in [4.69, 9.17) is 10.8 Å². The van der Waals surface area contributed by atoms with Gasteiger partial charge in [-0.2, -0.15) is 0 Å². The molecule has 0 aliphatic carbocycles. The lowest BCUT2D eigenvalue weighted by atomic mass is 10.3. The summed E-state index contributed by atoms with van der Waals surface area (Å²) in [5, 5.41) is 8.58. The zero-order chi connectivity index (χ0) is 13.8. The second-order valence-corrected chi connectivity index (χ2v) is 5.63. The molecular weight excluding hydrogens is 258 g/mol. The summed E-state index contributed by atoms with van der Waals surface area (Å²) in [6.07, 6.45) is 2.41. The average Bonchev–Trinajstić information content (AvgIpc) is 2.68. The number of aliphatic hydroxyl groups excluding tert-OH is 1. The first-order valence-electron chi connectivity index (χ1n) is 5.45. The first-order chi connectivity index (χ1) is 8.38. The SMILES string of the molecule is Cn1cc(S(=O)(=O)NCCCCO)cc1C(N)=O. The van der Waals surface area contributed by atoms with Gasteiger partial charge in [-0.1, -0.05) is 0 Å². The molecule has 0 unspecified atom stereocenters. The van der Waals surface area contributed by atoms with Crippen LogP contribution < -0.4 is 10.5 Å². The highest BCUT2D eigenvalue weighted by molar-refractivity contribution is 7.89. The minimum absolute atomic E-state index is 0.00259. The number of carbonyl (C=O) groups is 1. The fraction of sp³-hybridized carbons (Fsp3) is 0.500. The fourth-order valence-electron chi connectivity index (χ4n) is 1.45. The number of sulfonamides is 1. The van der Waals surface area contributed by atoms with E-state index in [9.17, 15) is 13.2 Å². The van der Waals surface area contributed by atoms with Crippen molar-refractivity contribution < 1.29 is 18.3 Å². The van der Waals surface area contributed by atoms with Crippen LogP contribution in [0.4, 0.5) is 0 Å². The predicted molar refractivity (Wildman–Crippen MR) is 65.4 cm³/mol. The number of nitrogens with two attached hydrogens (primary N) is 1. The number of hydrogen-bond acceptors (Lipinski definition) is 4. The minimum Gasteiger partial charge on any atom is -0.396 e. The van der Waals surface area contributed by atoms with Crippen LogP contribution in [-0.2, 0) is 17.1 Å². The van der Waals surface area contributed by atoms with Gasteiger partial charge < -0.3 is 15.4 Å². The Kier molecular flexibility index (Phi) is 4.88. The molecule has 0 bridgehead atoms. The highest BCUT2D eigenvalue weighted by Gasteiger charge is 2.18. The molecule has 1 heterocycles. The Morgan fingerprint density at radius 1 is 1.50 bits per heavy atom. The molecule has 0 radical (unpaired) electrons. The van der Waals surface area contributed by atoms with E-state index < -0.39 is 15.9 Å². The number of primary amides is 1. The van der Waals surface area contributed by atoms with E-state index in [-0.39, 0.29) is 23.7 Å². The van der Waals surface area contributed by atoms with Crippen LogP contribution in [0.2, 0.25) is 0 Å². The van der Waals surface area contributed by atoms with Gasteiger partial charge in [0, 0.05) is 26.4 Å². The molecule has 0 aliphatic heterocycles. The van der Waals surface area contributed by atoms with Crippen molar-refractivity contribution in [3.05, 3.63) is 18.0 Å². The maximum Gasteiger partial charge on any atom is 0.265 e. The Morgan fingerprint density at radius 2 is 2.17 bits per heavy atom. The third-order valence-electron chi connectivity index (χ3n) is 2.42. The van der Waals surface area contributed by atoms with E-state index in [0.29, 0.717) is 12.8 Å². The summed E-state index contributed by atoms with van der Waals surface area (Å²) in [5.74, 6) is -0.681. The van der Waals surface area contributed by atoms with E-state index >= 15 is 0 Å². The lowest BCUT2D eigenvalue weighted by molar-refractivity contribution is 0.0992. The van der Waals surface area contributed by atoms with E-state index in [1.54, 1.807) is 7.05 Å². The highest BCUT2D eigenvalue weighted by Crippen LogP contribution is 2.12. The molecule has 102 valence electrons. The van der Waals surface area contributed by atoms with Crippen LogP contribution in [0.15, 0.2) is 17.2 Å². The Bertz CT molecular complexity index is 521. The van der Waals surface area contributed by atoms with E-state index in [1.165, 1.54) is 16.8 Å². The summed E-state index contributed by atoms with van der Waals surface area (Å²) < 4.78 is 27.4. The topological polar surface area (TPSA) is 114 Å². The van der Waals surface area contributed by atoms with Crippen molar-refractivity contribution in [1.29, 1.82) is 0 Å². The standard InChI is InChI=1S/C10H17N3O4S/c1-13-7-8(6-9(13)10(11)15)18(16,17)12-4-2-3-5-14/h6-7,12,14H,2-5H2,1H3,(H2,11,15). The Labute approximate surface area is 106 Å².